The fraction of sp³-hybridized carbons (Fsp3) is 0.294. The molecule has 0 N–H and O–H groups in total. The molecule has 1 aliphatic rings. The minimum absolute atomic E-state index is 0.186. The van der Waals surface area contributed by atoms with Crippen LogP contribution in [0.15, 0.2) is 48.7 Å². The lowest BCUT2D eigenvalue weighted by Gasteiger charge is -2.22. The molecular weight excluding hydrogens is 262 g/mol. The molecule has 4 nitrogen and oxygen atoms in total. The Bertz CT molecular complexity index is 597. The minimum Gasteiger partial charge on any atom is -0.338 e. The summed E-state index contributed by atoms with van der Waals surface area (Å²) < 4.78 is 0. The molecule has 4 heteroatoms. The van der Waals surface area contributed by atoms with Crippen molar-refractivity contribution in [3.8, 4) is 0 Å². The van der Waals surface area contributed by atoms with E-state index in [0.717, 1.165) is 42.9 Å². The molecule has 1 aromatic heterocycles. The number of pyridine rings is 1. The zero-order chi connectivity index (χ0) is 14.7. The van der Waals surface area contributed by atoms with Crippen molar-refractivity contribution < 1.29 is 4.79 Å². The van der Waals surface area contributed by atoms with Crippen molar-refractivity contribution in [3.05, 3.63) is 54.2 Å². The third kappa shape index (κ3) is 2.75. The summed E-state index contributed by atoms with van der Waals surface area (Å²) in [6.07, 6.45) is 4.92. The summed E-state index contributed by atoms with van der Waals surface area (Å²) in [5.74, 6) is 0.903. The van der Waals surface area contributed by atoms with E-state index >= 15 is 0 Å². The largest absolute Gasteiger partial charge is 0.338 e. The molecule has 1 fully saturated rings. The van der Waals surface area contributed by atoms with Crippen LogP contribution < -0.4 is 4.90 Å². The van der Waals surface area contributed by atoms with Gasteiger partial charge in [0.05, 0.1) is 6.04 Å². The number of carbonyl (C=O) groups is 1. The highest BCUT2D eigenvalue weighted by Gasteiger charge is 2.24. The van der Waals surface area contributed by atoms with Crippen molar-refractivity contribution in [3.63, 3.8) is 0 Å². The van der Waals surface area contributed by atoms with Gasteiger partial charge in [0.1, 0.15) is 5.82 Å². The zero-order valence-electron chi connectivity index (χ0n) is 12.1. The van der Waals surface area contributed by atoms with E-state index in [4.69, 9.17) is 0 Å². The van der Waals surface area contributed by atoms with Gasteiger partial charge in [-0.1, -0.05) is 24.3 Å². The molecule has 0 spiro atoms. The molecule has 1 atom stereocenters. The number of hydrogen-bond acceptors (Lipinski definition) is 3. The van der Waals surface area contributed by atoms with Crippen molar-refractivity contribution >= 4 is 17.9 Å². The van der Waals surface area contributed by atoms with E-state index in [2.05, 4.69) is 28.1 Å². The molecular formula is C17H19N3O. The summed E-state index contributed by atoms with van der Waals surface area (Å²) >= 11 is 0. The van der Waals surface area contributed by atoms with Crippen LogP contribution in [-0.4, -0.2) is 29.9 Å². The Balaban J connectivity index is 1.79. The lowest BCUT2D eigenvalue weighted by molar-refractivity contribution is -0.118. The van der Waals surface area contributed by atoms with E-state index in [1.807, 2.05) is 42.4 Å². The minimum atomic E-state index is 0.186. The Morgan fingerprint density at radius 3 is 2.71 bits per heavy atom. The third-order valence-corrected chi connectivity index (χ3v) is 4.07. The normalized spacial score (nSPS) is 17.8. The van der Waals surface area contributed by atoms with Gasteiger partial charge in [-0.15, -0.1) is 0 Å². The van der Waals surface area contributed by atoms with Gasteiger partial charge in [-0.2, -0.15) is 0 Å². The van der Waals surface area contributed by atoms with Gasteiger partial charge in [-0.3, -0.25) is 4.79 Å². The van der Waals surface area contributed by atoms with Gasteiger partial charge in [0, 0.05) is 25.5 Å². The van der Waals surface area contributed by atoms with Crippen LogP contribution in [0.25, 0.3) is 0 Å². The Kier molecular flexibility index (Phi) is 3.86. The second-order valence-electron chi connectivity index (χ2n) is 5.35. The van der Waals surface area contributed by atoms with Gasteiger partial charge in [-0.05, 0) is 36.6 Å². The lowest BCUT2D eigenvalue weighted by atomic mass is 10.1. The molecule has 0 aliphatic carbocycles. The number of carbonyl (C=O) groups excluding carboxylic acids is 1. The number of para-hydroxylation sites is 1. The number of nitrogens with zero attached hydrogens (tertiary/aromatic N) is 3. The first-order valence-electron chi connectivity index (χ1n) is 7.25. The average molecular weight is 281 g/mol. The number of rotatable bonds is 4. The van der Waals surface area contributed by atoms with Gasteiger partial charge in [0.25, 0.3) is 0 Å². The van der Waals surface area contributed by atoms with Gasteiger partial charge >= 0.3 is 0 Å². The summed E-state index contributed by atoms with van der Waals surface area (Å²) in [5.41, 5.74) is 2.22. The molecule has 1 aliphatic heterocycles. The number of amides is 1. The van der Waals surface area contributed by atoms with Crippen molar-refractivity contribution in [2.45, 2.75) is 18.9 Å². The number of anilines is 2. The molecule has 0 bridgehead atoms. The van der Waals surface area contributed by atoms with Crippen LogP contribution in [-0.2, 0) is 4.79 Å². The smallest absolute Gasteiger partial charge is 0.210 e. The number of aromatic nitrogens is 1. The first-order valence-corrected chi connectivity index (χ1v) is 7.25. The maximum atomic E-state index is 11.0. The first kappa shape index (κ1) is 13.6. The van der Waals surface area contributed by atoms with E-state index in [9.17, 15) is 4.79 Å². The topological polar surface area (TPSA) is 36.4 Å². The maximum absolute atomic E-state index is 11.0. The summed E-state index contributed by atoms with van der Waals surface area (Å²) in [6.45, 7) is 0.847. The van der Waals surface area contributed by atoms with Gasteiger partial charge < -0.3 is 9.80 Å². The van der Waals surface area contributed by atoms with Gasteiger partial charge in [0.15, 0.2) is 0 Å². The van der Waals surface area contributed by atoms with Crippen molar-refractivity contribution in [2.75, 3.05) is 18.5 Å². The van der Waals surface area contributed by atoms with Crippen LogP contribution in [0.2, 0.25) is 0 Å². The number of hydrogen-bond donors (Lipinski definition) is 0. The molecule has 2 heterocycles. The highest BCUT2D eigenvalue weighted by atomic mass is 16.1. The molecule has 2 aromatic rings. The molecule has 3 rings (SSSR count). The van der Waals surface area contributed by atoms with Gasteiger partial charge in [0.2, 0.25) is 6.41 Å². The molecule has 0 unspecified atom stereocenters. The Labute approximate surface area is 125 Å². The van der Waals surface area contributed by atoms with E-state index in [1.165, 1.54) is 0 Å². The fourth-order valence-corrected chi connectivity index (χ4v) is 2.85. The lowest BCUT2D eigenvalue weighted by Crippen LogP contribution is -2.21. The Morgan fingerprint density at radius 2 is 2.05 bits per heavy atom. The summed E-state index contributed by atoms with van der Waals surface area (Å²) in [4.78, 5) is 19.5. The SMILES string of the molecule is CN(c1ccccc1)c1ccc([C@@H]2CCCN2C=O)cn1. The molecule has 0 radical (unpaired) electrons. The predicted molar refractivity (Wildman–Crippen MR) is 83.5 cm³/mol. The third-order valence-electron chi connectivity index (χ3n) is 4.07. The second kappa shape index (κ2) is 5.95. The standard InChI is InChI=1S/C17H19N3O/c1-19(15-6-3-2-4-7-15)17-10-9-14(12-18-17)16-8-5-11-20(16)13-21/h2-4,6-7,9-10,12-13,16H,5,8,11H2,1H3/t16-/m0/s1. The van der Waals surface area contributed by atoms with Crippen LogP contribution in [0, 0.1) is 0 Å². The number of benzene rings is 1. The van der Waals surface area contributed by atoms with E-state index in [-0.39, 0.29) is 6.04 Å². The zero-order valence-corrected chi connectivity index (χ0v) is 12.1. The summed E-state index contributed by atoms with van der Waals surface area (Å²) in [5, 5.41) is 0. The molecule has 1 aromatic carbocycles. The van der Waals surface area contributed by atoms with E-state index < -0.39 is 0 Å². The maximum Gasteiger partial charge on any atom is 0.210 e. The Morgan fingerprint density at radius 1 is 1.24 bits per heavy atom. The van der Waals surface area contributed by atoms with Crippen LogP contribution in [0.5, 0.6) is 0 Å². The van der Waals surface area contributed by atoms with Crippen LogP contribution in [0.4, 0.5) is 11.5 Å². The summed E-state index contributed by atoms with van der Waals surface area (Å²) in [7, 11) is 2.00. The fourth-order valence-electron chi connectivity index (χ4n) is 2.85. The van der Waals surface area contributed by atoms with Crippen molar-refractivity contribution in [1.29, 1.82) is 0 Å². The van der Waals surface area contributed by atoms with Crippen LogP contribution >= 0.6 is 0 Å². The van der Waals surface area contributed by atoms with Gasteiger partial charge in [-0.25, -0.2) is 4.98 Å². The van der Waals surface area contributed by atoms with Crippen molar-refractivity contribution in [2.24, 2.45) is 0 Å². The molecule has 1 amide bonds. The average Bonchev–Trinajstić information content (AvgIpc) is 3.04. The molecule has 108 valence electrons. The molecule has 21 heavy (non-hydrogen) atoms. The second-order valence-corrected chi connectivity index (χ2v) is 5.35. The molecule has 0 saturated carbocycles. The highest BCUT2D eigenvalue weighted by Crippen LogP contribution is 2.31. The van der Waals surface area contributed by atoms with E-state index in [0.29, 0.717) is 0 Å². The van der Waals surface area contributed by atoms with E-state index in [1.54, 1.807) is 0 Å². The summed E-state index contributed by atoms with van der Waals surface area (Å²) in [6, 6.07) is 14.4. The quantitative estimate of drug-likeness (QED) is 0.808. The highest BCUT2D eigenvalue weighted by molar-refractivity contribution is 5.59. The van der Waals surface area contributed by atoms with Crippen LogP contribution in [0.1, 0.15) is 24.4 Å². The van der Waals surface area contributed by atoms with Crippen LogP contribution in [0.3, 0.4) is 0 Å². The monoisotopic (exact) mass is 281 g/mol. The predicted octanol–water partition coefficient (Wildman–Crippen LogP) is 3.14. The molecule has 1 saturated heterocycles. The number of likely N-dealkylation sites (tertiary alicyclic amines) is 1. The van der Waals surface area contributed by atoms with Crippen molar-refractivity contribution in [1.82, 2.24) is 9.88 Å². The Hall–Kier alpha value is -2.36. The first-order chi connectivity index (χ1) is 10.3.